The number of amides is 1. The van der Waals surface area contributed by atoms with Crippen molar-refractivity contribution in [3.63, 3.8) is 0 Å². The number of carbonyl (C=O) groups excluding carboxylic acids is 1. The van der Waals surface area contributed by atoms with Gasteiger partial charge in [0.05, 0.1) is 42.5 Å². The molecule has 1 aromatic heterocycles. The third-order valence-electron chi connectivity index (χ3n) is 4.96. The van der Waals surface area contributed by atoms with E-state index in [2.05, 4.69) is 10.3 Å². The van der Waals surface area contributed by atoms with Gasteiger partial charge in [-0.3, -0.25) is 14.7 Å². The topological polar surface area (TPSA) is 57.5 Å². The van der Waals surface area contributed by atoms with Crippen molar-refractivity contribution in [2.75, 3.05) is 26.7 Å². The minimum atomic E-state index is -4.53. The van der Waals surface area contributed by atoms with Crippen LogP contribution in [0.2, 0.25) is 4.47 Å². The molecule has 6 nitrogen and oxygen atoms in total. The van der Waals surface area contributed by atoms with Crippen molar-refractivity contribution in [2.24, 2.45) is 0 Å². The zero-order chi connectivity index (χ0) is 23.5. The van der Waals surface area contributed by atoms with Crippen LogP contribution in [-0.4, -0.2) is 53.1 Å². The van der Waals surface area contributed by atoms with E-state index in [4.69, 9.17) is 16.3 Å². The minimum Gasteiger partial charge on any atom is -0.503 e. The standard InChI is InChI=1S/C21H22ClF3N4O2S/c1-4-26-20-28(5-2)11-16(17-10-27-19(22)32-17)29(20)18(30)15(12-31-3)13-7-6-8-14(9-13)21(23,24)25/h6-10,12,16H,4-5,11H2,1-3H3/p+1/b15-12+. The van der Waals surface area contributed by atoms with E-state index in [0.29, 0.717) is 30.1 Å². The average Bonchev–Trinajstić information content (AvgIpc) is 3.34. The van der Waals surface area contributed by atoms with Crippen molar-refractivity contribution in [3.8, 4) is 0 Å². The lowest BCUT2D eigenvalue weighted by atomic mass is 10.0. The highest BCUT2D eigenvalue weighted by atomic mass is 35.5. The fourth-order valence-corrected chi connectivity index (χ4v) is 4.57. The molecule has 1 aliphatic rings. The summed E-state index contributed by atoms with van der Waals surface area (Å²) < 4.78 is 47.3. The van der Waals surface area contributed by atoms with Gasteiger partial charge < -0.3 is 4.74 Å². The summed E-state index contributed by atoms with van der Waals surface area (Å²) in [6.07, 6.45) is -1.75. The number of thiazole rings is 1. The molecule has 1 atom stereocenters. The molecule has 0 aliphatic carbocycles. The van der Waals surface area contributed by atoms with Crippen LogP contribution in [0.15, 0.2) is 36.7 Å². The molecule has 0 bridgehead atoms. The number of rotatable bonds is 6. The Labute approximate surface area is 193 Å². The first-order valence-corrected chi connectivity index (χ1v) is 11.1. The molecule has 3 rings (SSSR count). The molecule has 0 saturated heterocycles. The number of hydrogen-bond donors (Lipinski definition) is 1. The number of hydrogen-bond acceptors (Lipinski definition) is 5. The summed E-state index contributed by atoms with van der Waals surface area (Å²) in [6.45, 7) is 5.53. The molecule has 1 amide bonds. The van der Waals surface area contributed by atoms with Crippen LogP contribution in [0.4, 0.5) is 13.2 Å². The van der Waals surface area contributed by atoms with Crippen LogP contribution in [0.5, 0.6) is 0 Å². The third-order valence-corrected chi connectivity index (χ3v) is 6.18. The second-order valence-corrected chi connectivity index (χ2v) is 8.59. The van der Waals surface area contributed by atoms with Gasteiger partial charge in [-0.1, -0.05) is 23.7 Å². The zero-order valence-corrected chi connectivity index (χ0v) is 19.3. The Bertz CT molecular complexity index is 1050. The number of carbonyl (C=O) groups is 1. The number of likely N-dealkylation sites (N-methyl/N-ethyl adjacent to an activating group) is 1. The van der Waals surface area contributed by atoms with Gasteiger partial charge in [0.1, 0.15) is 6.54 Å². The molecule has 32 heavy (non-hydrogen) atoms. The number of nitrogens with one attached hydrogen (secondary N) is 1. The maximum Gasteiger partial charge on any atom is 0.416 e. The Balaban J connectivity index is 2.09. The number of methoxy groups -OCH3 is 1. The molecular weight excluding hydrogens is 465 g/mol. The summed E-state index contributed by atoms with van der Waals surface area (Å²) in [7, 11) is 1.35. The van der Waals surface area contributed by atoms with Gasteiger partial charge in [0, 0.05) is 6.20 Å². The van der Waals surface area contributed by atoms with Gasteiger partial charge in [-0.05, 0) is 31.5 Å². The lowest BCUT2D eigenvalue weighted by molar-refractivity contribution is -0.520. The Kier molecular flexibility index (Phi) is 7.45. The van der Waals surface area contributed by atoms with Crippen LogP contribution in [0, 0.1) is 0 Å². The van der Waals surface area contributed by atoms with Crippen LogP contribution in [0.1, 0.15) is 35.9 Å². The first-order valence-electron chi connectivity index (χ1n) is 9.92. The largest absolute Gasteiger partial charge is 0.503 e. The van der Waals surface area contributed by atoms with Gasteiger partial charge in [0.25, 0.3) is 0 Å². The molecule has 1 aliphatic heterocycles. The molecule has 11 heteroatoms. The number of halogens is 4. The lowest BCUT2D eigenvalue weighted by Crippen LogP contribution is -2.45. The van der Waals surface area contributed by atoms with Gasteiger partial charge in [-0.25, -0.2) is 4.98 Å². The van der Waals surface area contributed by atoms with Gasteiger partial charge in [-0.2, -0.15) is 18.1 Å². The monoisotopic (exact) mass is 487 g/mol. The predicted molar refractivity (Wildman–Crippen MR) is 117 cm³/mol. The maximum atomic E-state index is 13.8. The Hall–Kier alpha value is -2.59. The van der Waals surface area contributed by atoms with E-state index in [-0.39, 0.29) is 11.1 Å². The van der Waals surface area contributed by atoms with E-state index in [0.717, 1.165) is 17.0 Å². The van der Waals surface area contributed by atoms with Crippen molar-refractivity contribution in [1.82, 2.24) is 15.2 Å². The SMILES string of the molecule is CCNC1=[N+](CC)CC(c2cnc(Cl)s2)N1C(=O)/C(=C/OC)c1cccc(C(F)(F)F)c1. The number of benzene rings is 1. The van der Waals surface area contributed by atoms with Crippen LogP contribution in [0.3, 0.4) is 0 Å². The summed E-state index contributed by atoms with van der Waals surface area (Å²) >= 11 is 7.29. The first kappa shape index (κ1) is 24.1. The number of ether oxygens (including phenoxy) is 1. The molecule has 2 aromatic rings. The Morgan fingerprint density at radius 3 is 2.75 bits per heavy atom. The molecule has 1 unspecified atom stereocenters. The number of guanidine groups is 1. The highest BCUT2D eigenvalue weighted by Crippen LogP contribution is 2.35. The number of alkyl halides is 3. The zero-order valence-electron chi connectivity index (χ0n) is 17.7. The smallest absolute Gasteiger partial charge is 0.416 e. The number of aromatic nitrogens is 1. The Morgan fingerprint density at radius 2 is 2.19 bits per heavy atom. The van der Waals surface area contributed by atoms with Crippen LogP contribution in [0.25, 0.3) is 5.57 Å². The molecule has 0 radical (unpaired) electrons. The van der Waals surface area contributed by atoms with Gasteiger partial charge >= 0.3 is 18.0 Å². The van der Waals surface area contributed by atoms with Crippen molar-refractivity contribution >= 4 is 40.4 Å². The van der Waals surface area contributed by atoms with Crippen LogP contribution < -0.4 is 5.32 Å². The van der Waals surface area contributed by atoms with E-state index in [1.54, 1.807) is 11.1 Å². The van der Waals surface area contributed by atoms with E-state index in [1.165, 1.54) is 36.8 Å². The second kappa shape index (κ2) is 9.91. The van der Waals surface area contributed by atoms with E-state index >= 15 is 0 Å². The van der Waals surface area contributed by atoms with E-state index in [9.17, 15) is 18.0 Å². The predicted octanol–water partition coefficient (Wildman–Crippen LogP) is 4.38. The molecular formula is C21H23ClF3N4O2S+. The summed E-state index contributed by atoms with van der Waals surface area (Å²) in [5.41, 5.74) is -0.728. The van der Waals surface area contributed by atoms with Crippen molar-refractivity contribution in [1.29, 1.82) is 0 Å². The molecule has 0 saturated carbocycles. The summed E-state index contributed by atoms with van der Waals surface area (Å²) in [4.78, 5) is 20.2. The van der Waals surface area contributed by atoms with E-state index in [1.807, 2.05) is 18.4 Å². The Morgan fingerprint density at radius 1 is 1.44 bits per heavy atom. The molecule has 172 valence electrons. The molecule has 1 N–H and O–H groups in total. The fourth-order valence-electron chi connectivity index (χ4n) is 3.54. The summed E-state index contributed by atoms with van der Waals surface area (Å²) in [5, 5.41) is 3.22. The van der Waals surface area contributed by atoms with Gasteiger partial charge in [-0.15, -0.1) is 11.3 Å². The highest BCUT2D eigenvalue weighted by molar-refractivity contribution is 7.15. The summed E-state index contributed by atoms with van der Waals surface area (Å²) in [5.74, 6) is 0.0797. The van der Waals surface area contributed by atoms with Crippen molar-refractivity contribution < 1.29 is 27.3 Å². The summed E-state index contributed by atoms with van der Waals surface area (Å²) in [6, 6.07) is 4.23. The van der Waals surface area contributed by atoms with Gasteiger partial charge in [0.15, 0.2) is 10.5 Å². The average molecular weight is 488 g/mol. The minimum absolute atomic E-state index is 0.00701. The molecule has 0 spiro atoms. The van der Waals surface area contributed by atoms with Crippen molar-refractivity contribution in [3.05, 3.63) is 57.2 Å². The van der Waals surface area contributed by atoms with Gasteiger partial charge in [0.2, 0.25) is 0 Å². The molecule has 0 fully saturated rings. The highest BCUT2D eigenvalue weighted by Gasteiger charge is 2.46. The van der Waals surface area contributed by atoms with E-state index < -0.39 is 23.7 Å². The van der Waals surface area contributed by atoms with Crippen LogP contribution in [-0.2, 0) is 15.7 Å². The molecule has 2 heterocycles. The quantitative estimate of drug-likeness (QED) is 0.373. The fraction of sp³-hybridized carbons (Fsp3) is 0.381. The lowest BCUT2D eigenvalue weighted by Gasteiger charge is -2.20. The second-order valence-electron chi connectivity index (χ2n) is 6.94. The third kappa shape index (κ3) is 4.91. The molecule has 1 aromatic carbocycles. The first-order chi connectivity index (χ1) is 15.2. The van der Waals surface area contributed by atoms with Crippen molar-refractivity contribution in [2.45, 2.75) is 26.1 Å². The normalized spacial score (nSPS) is 17.2. The maximum absolute atomic E-state index is 13.8. The number of nitrogens with zero attached hydrogens (tertiary/aromatic N) is 3. The van der Waals surface area contributed by atoms with Crippen LogP contribution >= 0.6 is 22.9 Å².